The molecule has 0 spiro atoms. The van der Waals surface area contributed by atoms with Crippen LogP contribution in [0, 0.1) is 0 Å². The van der Waals surface area contributed by atoms with E-state index in [-0.39, 0.29) is 12.5 Å². The topological polar surface area (TPSA) is 75.6 Å². The molecule has 5 heteroatoms. The summed E-state index contributed by atoms with van der Waals surface area (Å²) in [5.41, 5.74) is 0.443. The highest BCUT2D eigenvalue weighted by molar-refractivity contribution is 5.68. The number of carbonyl (C=O) groups is 2. The van der Waals surface area contributed by atoms with Crippen molar-refractivity contribution in [1.29, 1.82) is 0 Å². The second-order valence-electron chi connectivity index (χ2n) is 6.25. The van der Waals surface area contributed by atoms with Gasteiger partial charge in [-0.15, -0.1) is 0 Å². The van der Waals surface area contributed by atoms with Crippen LogP contribution in [0.4, 0.5) is 4.79 Å². The summed E-state index contributed by atoms with van der Waals surface area (Å²) in [4.78, 5) is 22.5. The smallest absolute Gasteiger partial charge is 0.408 e. The molecular weight excluding hydrogens is 282 g/mol. The van der Waals surface area contributed by atoms with Gasteiger partial charge in [-0.1, -0.05) is 36.8 Å². The number of amides is 1. The molecule has 0 saturated carbocycles. The van der Waals surface area contributed by atoms with Crippen molar-refractivity contribution in [2.24, 2.45) is 0 Å². The van der Waals surface area contributed by atoms with E-state index in [1.54, 1.807) is 0 Å². The summed E-state index contributed by atoms with van der Waals surface area (Å²) in [5, 5.41) is 11.5. The Labute approximate surface area is 131 Å². The molecule has 1 amide bonds. The Morgan fingerprint density at radius 1 is 1.18 bits per heavy atom. The summed E-state index contributed by atoms with van der Waals surface area (Å²) < 4.78 is 5.29. The Morgan fingerprint density at radius 3 is 2.36 bits per heavy atom. The number of ether oxygens (including phenoxy) is 1. The van der Waals surface area contributed by atoms with Crippen molar-refractivity contribution in [3.8, 4) is 0 Å². The molecular formula is C17H25NO4. The molecule has 5 nitrogen and oxygen atoms in total. The average molecular weight is 307 g/mol. The van der Waals surface area contributed by atoms with Gasteiger partial charge in [-0.25, -0.2) is 4.79 Å². The zero-order chi connectivity index (χ0) is 16.6. The molecule has 0 bridgehead atoms. The predicted molar refractivity (Wildman–Crippen MR) is 84.7 cm³/mol. The Bertz CT molecular complexity index is 479. The van der Waals surface area contributed by atoms with E-state index in [0.29, 0.717) is 12.8 Å². The van der Waals surface area contributed by atoms with Gasteiger partial charge in [0, 0.05) is 6.42 Å². The molecule has 1 rings (SSSR count). The summed E-state index contributed by atoms with van der Waals surface area (Å²) in [6, 6.07) is 9.45. The fraction of sp³-hybridized carbons (Fsp3) is 0.529. The molecule has 0 aliphatic rings. The second-order valence-corrected chi connectivity index (χ2v) is 6.25. The lowest BCUT2D eigenvalue weighted by atomic mass is 10.0. The van der Waals surface area contributed by atoms with Gasteiger partial charge >= 0.3 is 12.1 Å². The number of carboxylic acid groups (broad SMARTS) is 1. The highest BCUT2D eigenvalue weighted by Crippen LogP contribution is 2.20. The summed E-state index contributed by atoms with van der Waals surface area (Å²) in [7, 11) is 0. The van der Waals surface area contributed by atoms with Crippen LogP contribution in [0.2, 0.25) is 0 Å². The molecule has 22 heavy (non-hydrogen) atoms. The first-order chi connectivity index (χ1) is 10.3. The number of hydrogen-bond acceptors (Lipinski definition) is 3. The fourth-order valence-corrected chi connectivity index (χ4v) is 2.08. The minimum absolute atomic E-state index is 0.147. The van der Waals surface area contributed by atoms with Crippen molar-refractivity contribution >= 4 is 12.1 Å². The first kappa shape index (κ1) is 18.0. The SMILES string of the molecule is CC(C)(C)OC(=O)NC(CCCCC(=O)O)c1ccccc1. The molecule has 0 aromatic heterocycles. The zero-order valence-electron chi connectivity index (χ0n) is 13.5. The van der Waals surface area contributed by atoms with E-state index >= 15 is 0 Å². The minimum Gasteiger partial charge on any atom is -0.481 e. The van der Waals surface area contributed by atoms with Crippen molar-refractivity contribution < 1.29 is 19.4 Å². The standard InChI is InChI=1S/C17H25NO4/c1-17(2,3)22-16(21)18-14(11-7-8-12-15(19)20)13-9-5-4-6-10-13/h4-6,9-10,14H,7-8,11-12H2,1-3H3,(H,18,21)(H,19,20). The van der Waals surface area contributed by atoms with Crippen LogP contribution in [0.1, 0.15) is 58.1 Å². The van der Waals surface area contributed by atoms with Crippen LogP contribution >= 0.6 is 0 Å². The lowest BCUT2D eigenvalue weighted by molar-refractivity contribution is -0.137. The largest absolute Gasteiger partial charge is 0.481 e. The monoisotopic (exact) mass is 307 g/mol. The maximum atomic E-state index is 12.0. The van der Waals surface area contributed by atoms with E-state index in [4.69, 9.17) is 9.84 Å². The van der Waals surface area contributed by atoms with E-state index in [1.807, 2.05) is 51.1 Å². The summed E-state index contributed by atoms with van der Waals surface area (Å²) >= 11 is 0. The second kappa shape index (κ2) is 8.41. The molecule has 122 valence electrons. The Kier molecular flexibility index (Phi) is 6.89. The number of alkyl carbamates (subject to hydrolysis) is 1. The van der Waals surface area contributed by atoms with E-state index in [1.165, 1.54) is 0 Å². The number of unbranched alkanes of at least 4 members (excludes halogenated alkanes) is 1. The zero-order valence-corrected chi connectivity index (χ0v) is 13.5. The van der Waals surface area contributed by atoms with E-state index in [0.717, 1.165) is 12.0 Å². The van der Waals surface area contributed by atoms with Crippen LogP contribution in [-0.2, 0) is 9.53 Å². The van der Waals surface area contributed by atoms with Crippen LogP contribution in [0.5, 0.6) is 0 Å². The first-order valence-electron chi connectivity index (χ1n) is 7.54. The fourth-order valence-electron chi connectivity index (χ4n) is 2.08. The molecule has 1 unspecified atom stereocenters. The summed E-state index contributed by atoms with van der Waals surface area (Å²) in [6.45, 7) is 5.45. The van der Waals surface area contributed by atoms with Gasteiger partial charge in [-0.05, 0) is 39.2 Å². The number of hydrogen-bond donors (Lipinski definition) is 2. The maximum absolute atomic E-state index is 12.0. The molecule has 0 saturated heterocycles. The van der Waals surface area contributed by atoms with Crippen LogP contribution in [0.15, 0.2) is 30.3 Å². The average Bonchev–Trinajstić information content (AvgIpc) is 2.41. The van der Waals surface area contributed by atoms with Gasteiger partial charge in [0.05, 0.1) is 6.04 Å². The predicted octanol–water partition coefficient (Wildman–Crippen LogP) is 3.90. The van der Waals surface area contributed by atoms with Crippen molar-refractivity contribution in [2.75, 3.05) is 0 Å². The molecule has 0 heterocycles. The van der Waals surface area contributed by atoms with Crippen molar-refractivity contribution in [3.63, 3.8) is 0 Å². The molecule has 1 atom stereocenters. The van der Waals surface area contributed by atoms with Gasteiger partial charge in [0.25, 0.3) is 0 Å². The number of aliphatic carboxylic acids is 1. The van der Waals surface area contributed by atoms with Crippen LogP contribution in [0.25, 0.3) is 0 Å². The summed E-state index contributed by atoms with van der Waals surface area (Å²) in [6.07, 6.45) is 1.68. The number of nitrogens with one attached hydrogen (secondary N) is 1. The molecule has 1 aromatic rings. The van der Waals surface area contributed by atoms with Crippen LogP contribution in [0.3, 0.4) is 0 Å². The van der Waals surface area contributed by atoms with E-state index < -0.39 is 17.7 Å². The van der Waals surface area contributed by atoms with Crippen molar-refractivity contribution in [2.45, 2.75) is 58.1 Å². The Balaban J connectivity index is 2.62. The molecule has 0 aliphatic heterocycles. The van der Waals surface area contributed by atoms with Gasteiger partial charge in [0.1, 0.15) is 5.60 Å². The lowest BCUT2D eigenvalue weighted by Crippen LogP contribution is -2.35. The highest BCUT2D eigenvalue weighted by atomic mass is 16.6. The van der Waals surface area contributed by atoms with Crippen molar-refractivity contribution in [1.82, 2.24) is 5.32 Å². The third kappa shape index (κ3) is 7.67. The number of carboxylic acids is 1. The van der Waals surface area contributed by atoms with Gasteiger partial charge in [-0.2, -0.15) is 0 Å². The minimum atomic E-state index is -0.795. The van der Waals surface area contributed by atoms with E-state index in [2.05, 4.69) is 5.32 Å². The summed E-state index contributed by atoms with van der Waals surface area (Å²) in [5.74, 6) is -0.795. The van der Waals surface area contributed by atoms with Gasteiger partial charge < -0.3 is 15.2 Å². The molecule has 2 N–H and O–H groups in total. The maximum Gasteiger partial charge on any atom is 0.408 e. The van der Waals surface area contributed by atoms with Crippen LogP contribution < -0.4 is 5.32 Å². The number of rotatable bonds is 7. The third-order valence-corrected chi connectivity index (χ3v) is 3.03. The highest BCUT2D eigenvalue weighted by Gasteiger charge is 2.20. The number of benzene rings is 1. The van der Waals surface area contributed by atoms with Gasteiger partial charge in [-0.3, -0.25) is 4.79 Å². The van der Waals surface area contributed by atoms with Gasteiger partial charge in [0.2, 0.25) is 0 Å². The molecule has 0 radical (unpaired) electrons. The molecule has 1 aromatic carbocycles. The lowest BCUT2D eigenvalue weighted by Gasteiger charge is -2.24. The van der Waals surface area contributed by atoms with Gasteiger partial charge in [0.15, 0.2) is 0 Å². The molecule has 0 aliphatic carbocycles. The Hall–Kier alpha value is -2.04. The van der Waals surface area contributed by atoms with Crippen molar-refractivity contribution in [3.05, 3.63) is 35.9 Å². The third-order valence-electron chi connectivity index (χ3n) is 3.03. The molecule has 0 fully saturated rings. The van der Waals surface area contributed by atoms with E-state index in [9.17, 15) is 9.59 Å². The van der Waals surface area contributed by atoms with Crippen LogP contribution in [-0.4, -0.2) is 22.8 Å². The number of carbonyl (C=O) groups excluding carboxylic acids is 1. The quantitative estimate of drug-likeness (QED) is 0.749. The normalized spacial score (nSPS) is 12.5. The first-order valence-corrected chi connectivity index (χ1v) is 7.54. The Morgan fingerprint density at radius 2 is 1.82 bits per heavy atom.